The van der Waals surface area contributed by atoms with Gasteiger partial charge in [0.1, 0.15) is 0 Å². The highest BCUT2D eigenvalue weighted by Gasteiger charge is 2.47. The van der Waals surface area contributed by atoms with Gasteiger partial charge in [0.15, 0.2) is 18.1 Å². The van der Waals surface area contributed by atoms with Gasteiger partial charge in [-0.05, 0) is 87.0 Å². The summed E-state index contributed by atoms with van der Waals surface area (Å²) in [5.41, 5.74) is 2.92. The molecule has 4 aliphatic rings. The highest BCUT2D eigenvalue weighted by Crippen LogP contribution is 2.53. The lowest BCUT2D eigenvalue weighted by atomic mass is 9.54. The third kappa shape index (κ3) is 4.92. The average Bonchev–Trinajstić information content (AvgIpc) is 2.79. The first-order valence-corrected chi connectivity index (χ1v) is 12.9. The Morgan fingerprint density at radius 2 is 1.67 bits per heavy atom. The van der Waals surface area contributed by atoms with E-state index < -0.39 is 0 Å². The summed E-state index contributed by atoms with van der Waals surface area (Å²) in [6, 6.07) is 12.2. The molecular weight excluding hydrogens is 480 g/mol. The fourth-order valence-electron chi connectivity index (χ4n) is 6.52. The van der Waals surface area contributed by atoms with Crippen molar-refractivity contribution in [1.82, 2.24) is 5.32 Å². The van der Waals surface area contributed by atoms with Crippen LogP contribution in [-0.4, -0.2) is 25.7 Å². The summed E-state index contributed by atoms with van der Waals surface area (Å²) in [5, 5.41) is 6.78. The van der Waals surface area contributed by atoms with Crippen LogP contribution in [0.4, 0.5) is 5.69 Å². The molecule has 2 N–H and O–H groups in total. The Bertz CT molecular complexity index is 979. The molecule has 0 aromatic heterocycles. The lowest BCUT2D eigenvalue weighted by Crippen LogP contribution is -2.54. The van der Waals surface area contributed by atoms with Crippen LogP contribution in [0.3, 0.4) is 0 Å². The predicted octanol–water partition coefficient (Wildman–Crippen LogP) is 5.70. The molecule has 0 unspecified atom stereocenters. The Labute approximate surface area is 204 Å². The van der Waals surface area contributed by atoms with Crippen molar-refractivity contribution in [2.75, 3.05) is 19.0 Å². The van der Waals surface area contributed by atoms with Gasteiger partial charge in [0.25, 0.3) is 5.91 Å². The molecule has 4 fully saturated rings. The number of hydrogen-bond acceptors (Lipinski definition) is 4. The van der Waals surface area contributed by atoms with Crippen molar-refractivity contribution < 1.29 is 14.3 Å². The Balaban J connectivity index is 1.26. The molecule has 4 saturated carbocycles. The number of benzene rings is 2. The summed E-state index contributed by atoms with van der Waals surface area (Å²) < 4.78 is 12.6. The molecule has 6 heteroatoms. The summed E-state index contributed by atoms with van der Waals surface area (Å²) in [5.74, 6) is 4.59. The minimum Gasteiger partial charge on any atom is -0.493 e. The van der Waals surface area contributed by atoms with Crippen LogP contribution in [0.5, 0.6) is 11.5 Å². The molecule has 33 heavy (non-hydrogen) atoms. The van der Waals surface area contributed by atoms with Gasteiger partial charge in [-0.1, -0.05) is 33.6 Å². The van der Waals surface area contributed by atoms with E-state index in [4.69, 9.17) is 9.47 Å². The molecule has 2 aromatic rings. The van der Waals surface area contributed by atoms with E-state index in [2.05, 4.69) is 26.6 Å². The van der Waals surface area contributed by atoms with E-state index >= 15 is 0 Å². The van der Waals surface area contributed by atoms with E-state index in [-0.39, 0.29) is 12.5 Å². The van der Waals surface area contributed by atoms with Crippen LogP contribution >= 0.6 is 15.9 Å². The second-order valence-corrected chi connectivity index (χ2v) is 11.0. The second kappa shape index (κ2) is 9.67. The van der Waals surface area contributed by atoms with E-state index in [0.29, 0.717) is 24.1 Å². The Morgan fingerprint density at radius 3 is 2.30 bits per heavy atom. The molecule has 4 aliphatic carbocycles. The van der Waals surface area contributed by atoms with Crippen LogP contribution in [-0.2, 0) is 11.3 Å². The molecule has 5 nitrogen and oxygen atoms in total. The minimum absolute atomic E-state index is 0.0777. The van der Waals surface area contributed by atoms with Gasteiger partial charge in [-0.3, -0.25) is 4.79 Å². The van der Waals surface area contributed by atoms with Crippen LogP contribution in [0.2, 0.25) is 0 Å². The lowest BCUT2D eigenvalue weighted by Gasteiger charge is -2.54. The number of halogens is 1. The molecule has 0 saturated heterocycles. The summed E-state index contributed by atoms with van der Waals surface area (Å²) in [6.07, 6.45) is 6.99. The smallest absolute Gasteiger partial charge is 0.262 e. The molecule has 0 radical (unpaired) electrons. The van der Waals surface area contributed by atoms with Crippen molar-refractivity contribution in [3.05, 3.63) is 52.0 Å². The molecular formula is C27H33BrN2O3. The van der Waals surface area contributed by atoms with Gasteiger partial charge in [0.2, 0.25) is 0 Å². The zero-order chi connectivity index (χ0) is 22.9. The van der Waals surface area contributed by atoms with Crippen molar-refractivity contribution in [3.8, 4) is 11.5 Å². The number of carbonyl (C=O) groups is 1. The number of amides is 1. The van der Waals surface area contributed by atoms with E-state index in [0.717, 1.165) is 45.0 Å². The van der Waals surface area contributed by atoms with E-state index in [1.54, 1.807) is 7.11 Å². The largest absolute Gasteiger partial charge is 0.493 e. The number of nitrogens with one attached hydrogen (secondary N) is 2. The fourth-order valence-corrected chi connectivity index (χ4v) is 6.97. The van der Waals surface area contributed by atoms with Crippen molar-refractivity contribution in [1.29, 1.82) is 0 Å². The van der Waals surface area contributed by atoms with Crippen LogP contribution < -0.4 is 20.1 Å². The molecule has 4 bridgehead atoms. The molecule has 2 aromatic carbocycles. The van der Waals surface area contributed by atoms with Gasteiger partial charge in [0.05, 0.1) is 7.11 Å². The molecule has 1 amide bonds. The third-order valence-corrected chi connectivity index (χ3v) is 8.55. The number of hydrogen-bond donors (Lipinski definition) is 2. The zero-order valence-corrected chi connectivity index (χ0v) is 21.0. The molecule has 0 heterocycles. The Morgan fingerprint density at radius 1 is 1.00 bits per heavy atom. The van der Waals surface area contributed by atoms with Gasteiger partial charge in [-0.15, -0.1) is 0 Å². The van der Waals surface area contributed by atoms with E-state index in [9.17, 15) is 4.79 Å². The van der Waals surface area contributed by atoms with Crippen LogP contribution in [0, 0.1) is 30.6 Å². The summed E-state index contributed by atoms with van der Waals surface area (Å²) in [7, 11) is 1.64. The fraction of sp³-hybridized carbons (Fsp3) is 0.519. The van der Waals surface area contributed by atoms with Crippen molar-refractivity contribution in [2.24, 2.45) is 23.7 Å². The van der Waals surface area contributed by atoms with Gasteiger partial charge in [-0.25, -0.2) is 0 Å². The number of anilines is 1. The van der Waals surface area contributed by atoms with Gasteiger partial charge < -0.3 is 20.1 Å². The van der Waals surface area contributed by atoms with Crippen LogP contribution in [0.15, 0.2) is 40.9 Å². The lowest BCUT2D eigenvalue weighted by molar-refractivity contribution is -0.118. The summed E-state index contributed by atoms with van der Waals surface area (Å²) in [6.45, 7) is 2.64. The number of ether oxygens (including phenoxy) is 2. The molecule has 176 valence electrons. The topological polar surface area (TPSA) is 59.6 Å². The van der Waals surface area contributed by atoms with Crippen LogP contribution in [0.25, 0.3) is 0 Å². The molecule has 0 atom stereocenters. The second-order valence-electron chi connectivity index (χ2n) is 10.1. The Hall–Kier alpha value is -2.05. The maximum atomic E-state index is 12.5. The maximum Gasteiger partial charge on any atom is 0.262 e. The Kier molecular flexibility index (Phi) is 6.66. The number of carbonyl (C=O) groups excluding carboxylic acids is 1. The highest BCUT2D eigenvalue weighted by atomic mass is 79.9. The first kappa shape index (κ1) is 22.7. The number of aryl methyl sites for hydroxylation is 1. The molecule has 0 spiro atoms. The van der Waals surface area contributed by atoms with Gasteiger partial charge in [0, 0.05) is 28.3 Å². The predicted molar refractivity (Wildman–Crippen MR) is 134 cm³/mol. The third-order valence-electron chi connectivity index (χ3n) is 7.81. The summed E-state index contributed by atoms with van der Waals surface area (Å²) in [4.78, 5) is 12.5. The number of rotatable bonds is 8. The van der Waals surface area contributed by atoms with Gasteiger partial charge >= 0.3 is 0 Å². The van der Waals surface area contributed by atoms with Crippen molar-refractivity contribution >= 4 is 27.5 Å². The van der Waals surface area contributed by atoms with Crippen LogP contribution in [0.1, 0.15) is 43.2 Å². The van der Waals surface area contributed by atoms with Crippen molar-refractivity contribution in [2.45, 2.75) is 51.6 Å². The molecule has 0 aliphatic heterocycles. The van der Waals surface area contributed by atoms with E-state index in [1.165, 1.54) is 32.1 Å². The summed E-state index contributed by atoms with van der Waals surface area (Å²) >= 11 is 3.70. The standard InChI is InChI=1S/C27H33BrN2O3/c1-16-3-5-21(6-4-16)30-25(31)15-33-27-22(23(28)7-8-24(27)32-2)14-29-26-19-10-17-9-18(12-19)13-20(26)11-17/h3-8,17-20,26,29H,9-15H2,1-2H3,(H,30,31). The van der Waals surface area contributed by atoms with Crippen molar-refractivity contribution in [3.63, 3.8) is 0 Å². The number of methoxy groups -OCH3 is 1. The monoisotopic (exact) mass is 512 g/mol. The molecule has 6 rings (SSSR count). The normalized spacial score (nSPS) is 27.4. The quantitative estimate of drug-likeness (QED) is 0.476. The first-order valence-electron chi connectivity index (χ1n) is 12.1. The first-order chi connectivity index (χ1) is 16.0. The SMILES string of the molecule is COc1ccc(Br)c(CNC2C3CC4CC(C3)CC2C4)c1OCC(=O)Nc1ccc(C)cc1. The minimum atomic E-state index is -0.194. The van der Waals surface area contributed by atoms with E-state index in [1.807, 2.05) is 43.3 Å². The zero-order valence-electron chi connectivity index (χ0n) is 19.4. The highest BCUT2D eigenvalue weighted by molar-refractivity contribution is 9.10. The average molecular weight is 513 g/mol. The van der Waals surface area contributed by atoms with Gasteiger partial charge in [-0.2, -0.15) is 0 Å². The maximum absolute atomic E-state index is 12.5.